The Morgan fingerprint density at radius 1 is 1.11 bits per heavy atom. The topological polar surface area (TPSA) is 64.4 Å². The van der Waals surface area contributed by atoms with Crippen LogP contribution >= 0.6 is 0 Å². The molecule has 140 valence electrons. The fraction of sp³-hybridized carbons (Fsp3) is 0.0909. The number of nitrogens with one attached hydrogen (secondary N) is 1. The molecule has 1 heterocycles. The number of nitrogens with zero attached hydrogens (tertiary/aromatic N) is 1. The largest absolute Gasteiger partial charge is 0.494 e. The van der Waals surface area contributed by atoms with Gasteiger partial charge in [-0.2, -0.15) is 0 Å². The molecule has 1 aromatic heterocycles. The van der Waals surface area contributed by atoms with Gasteiger partial charge in [0.25, 0.3) is 5.91 Å². The Morgan fingerprint density at radius 3 is 2.79 bits per heavy atom. The molecule has 0 fully saturated rings. The number of oxazole rings is 1. The van der Waals surface area contributed by atoms with Gasteiger partial charge in [-0.15, -0.1) is 0 Å². The van der Waals surface area contributed by atoms with Crippen molar-refractivity contribution in [3.8, 4) is 17.2 Å². The first kappa shape index (κ1) is 17.7. The molecule has 4 aromatic rings. The van der Waals surface area contributed by atoms with Crippen molar-refractivity contribution in [2.75, 3.05) is 11.9 Å². The highest BCUT2D eigenvalue weighted by atomic mass is 19.1. The standard InChI is InChI=1S/C22H17FN2O3/c1-2-27-16-7-5-6-14(12-16)21(26)24-15-10-11-20-19(13-15)25-22(28-20)17-8-3-4-9-18(17)23/h3-13H,2H2,1H3,(H,24,26). The van der Waals surface area contributed by atoms with E-state index in [2.05, 4.69) is 10.3 Å². The summed E-state index contributed by atoms with van der Waals surface area (Å²) in [6.07, 6.45) is 0. The number of carbonyl (C=O) groups is 1. The van der Waals surface area contributed by atoms with Crippen molar-refractivity contribution in [3.63, 3.8) is 0 Å². The monoisotopic (exact) mass is 376 g/mol. The number of carbonyl (C=O) groups excluding carboxylic acids is 1. The summed E-state index contributed by atoms with van der Waals surface area (Å²) in [5.74, 6) is 0.160. The molecule has 3 aromatic carbocycles. The summed E-state index contributed by atoms with van der Waals surface area (Å²) in [5.41, 5.74) is 2.37. The van der Waals surface area contributed by atoms with Gasteiger partial charge in [0.1, 0.15) is 17.1 Å². The average molecular weight is 376 g/mol. The molecule has 0 aliphatic carbocycles. The SMILES string of the molecule is CCOc1cccc(C(=O)Nc2ccc3oc(-c4ccccc4F)nc3c2)c1. The number of halogens is 1. The Hall–Kier alpha value is -3.67. The molecular formula is C22H17FN2O3. The molecule has 0 atom stereocenters. The maximum atomic E-state index is 14.0. The Bertz CT molecular complexity index is 1150. The predicted octanol–water partition coefficient (Wildman–Crippen LogP) is 5.28. The van der Waals surface area contributed by atoms with E-state index in [-0.39, 0.29) is 17.4 Å². The number of anilines is 1. The van der Waals surface area contributed by atoms with Crippen molar-refractivity contribution >= 4 is 22.7 Å². The van der Waals surface area contributed by atoms with Gasteiger partial charge in [0.15, 0.2) is 5.58 Å². The predicted molar refractivity (Wildman–Crippen MR) is 105 cm³/mol. The molecule has 1 amide bonds. The number of fused-ring (bicyclic) bond motifs is 1. The van der Waals surface area contributed by atoms with Crippen LogP contribution in [0.3, 0.4) is 0 Å². The first-order chi connectivity index (χ1) is 13.6. The van der Waals surface area contributed by atoms with Crippen molar-refractivity contribution in [1.29, 1.82) is 0 Å². The van der Waals surface area contributed by atoms with E-state index >= 15 is 0 Å². The highest BCUT2D eigenvalue weighted by Crippen LogP contribution is 2.28. The van der Waals surface area contributed by atoms with Crippen LogP contribution in [0.2, 0.25) is 0 Å². The van der Waals surface area contributed by atoms with Gasteiger partial charge in [0, 0.05) is 11.3 Å². The Morgan fingerprint density at radius 2 is 1.96 bits per heavy atom. The van der Waals surface area contributed by atoms with Crippen LogP contribution in [-0.4, -0.2) is 17.5 Å². The summed E-state index contributed by atoms with van der Waals surface area (Å²) >= 11 is 0. The number of rotatable bonds is 5. The Balaban J connectivity index is 1.59. The first-order valence-corrected chi connectivity index (χ1v) is 8.84. The number of hydrogen-bond donors (Lipinski definition) is 1. The summed E-state index contributed by atoms with van der Waals surface area (Å²) in [6.45, 7) is 2.41. The van der Waals surface area contributed by atoms with E-state index < -0.39 is 5.82 Å². The second kappa shape index (κ2) is 7.52. The normalized spacial score (nSPS) is 10.8. The Kier molecular flexibility index (Phi) is 4.76. The summed E-state index contributed by atoms with van der Waals surface area (Å²) in [7, 11) is 0. The van der Waals surface area contributed by atoms with Gasteiger partial charge < -0.3 is 14.5 Å². The van der Waals surface area contributed by atoms with Crippen LogP contribution in [0.25, 0.3) is 22.6 Å². The molecule has 0 unspecified atom stereocenters. The summed E-state index contributed by atoms with van der Waals surface area (Å²) in [6, 6.07) is 18.3. The van der Waals surface area contributed by atoms with Gasteiger partial charge in [0.2, 0.25) is 5.89 Å². The number of ether oxygens (including phenoxy) is 1. The fourth-order valence-corrected chi connectivity index (χ4v) is 2.85. The summed E-state index contributed by atoms with van der Waals surface area (Å²) in [4.78, 5) is 16.9. The van der Waals surface area contributed by atoms with Crippen molar-refractivity contribution in [3.05, 3.63) is 78.1 Å². The zero-order chi connectivity index (χ0) is 19.5. The molecule has 0 saturated carbocycles. The van der Waals surface area contributed by atoms with Gasteiger partial charge in [-0.3, -0.25) is 4.79 Å². The minimum atomic E-state index is -0.406. The van der Waals surface area contributed by atoms with Crippen LogP contribution in [0.5, 0.6) is 5.75 Å². The number of hydrogen-bond acceptors (Lipinski definition) is 4. The van der Waals surface area contributed by atoms with Gasteiger partial charge in [-0.1, -0.05) is 18.2 Å². The highest BCUT2D eigenvalue weighted by molar-refractivity contribution is 6.05. The molecule has 0 radical (unpaired) electrons. The van der Waals surface area contributed by atoms with Crippen LogP contribution in [0.4, 0.5) is 10.1 Å². The van der Waals surface area contributed by atoms with Gasteiger partial charge in [-0.05, 0) is 55.5 Å². The molecule has 6 heteroatoms. The summed E-state index contributed by atoms with van der Waals surface area (Å²) in [5, 5.41) is 2.83. The lowest BCUT2D eigenvalue weighted by Gasteiger charge is -2.07. The van der Waals surface area contributed by atoms with Crippen LogP contribution in [0.1, 0.15) is 17.3 Å². The van der Waals surface area contributed by atoms with Gasteiger partial charge in [0.05, 0.1) is 12.2 Å². The summed E-state index contributed by atoms with van der Waals surface area (Å²) < 4.78 is 25.0. The number of benzene rings is 3. The molecule has 5 nitrogen and oxygen atoms in total. The molecule has 1 N–H and O–H groups in total. The zero-order valence-electron chi connectivity index (χ0n) is 15.1. The lowest BCUT2D eigenvalue weighted by Crippen LogP contribution is -2.11. The quantitative estimate of drug-likeness (QED) is 0.514. The van der Waals surface area contributed by atoms with Crippen LogP contribution in [0.15, 0.2) is 71.1 Å². The third-order valence-corrected chi connectivity index (χ3v) is 4.16. The minimum Gasteiger partial charge on any atom is -0.494 e. The van der Waals surface area contributed by atoms with Crippen molar-refractivity contribution in [2.45, 2.75) is 6.92 Å². The van der Waals surface area contributed by atoms with E-state index in [1.54, 1.807) is 60.7 Å². The van der Waals surface area contributed by atoms with Gasteiger partial charge in [-0.25, -0.2) is 9.37 Å². The van der Waals surface area contributed by atoms with Crippen molar-refractivity contribution < 1.29 is 18.3 Å². The fourth-order valence-electron chi connectivity index (χ4n) is 2.85. The molecule has 28 heavy (non-hydrogen) atoms. The minimum absolute atomic E-state index is 0.195. The second-order valence-corrected chi connectivity index (χ2v) is 6.10. The van der Waals surface area contributed by atoms with E-state index in [9.17, 15) is 9.18 Å². The average Bonchev–Trinajstić information content (AvgIpc) is 3.12. The van der Waals surface area contributed by atoms with E-state index in [1.165, 1.54) is 6.07 Å². The molecule has 0 bridgehead atoms. The van der Waals surface area contributed by atoms with Crippen LogP contribution < -0.4 is 10.1 Å². The van der Waals surface area contributed by atoms with E-state index in [0.29, 0.717) is 34.7 Å². The van der Waals surface area contributed by atoms with E-state index in [4.69, 9.17) is 9.15 Å². The smallest absolute Gasteiger partial charge is 0.255 e. The van der Waals surface area contributed by atoms with E-state index in [1.807, 2.05) is 6.92 Å². The second-order valence-electron chi connectivity index (χ2n) is 6.10. The Labute approximate surface area is 160 Å². The molecular weight excluding hydrogens is 359 g/mol. The van der Waals surface area contributed by atoms with Crippen molar-refractivity contribution in [2.24, 2.45) is 0 Å². The molecule has 4 rings (SSSR count). The third kappa shape index (κ3) is 3.57. The third-order valence-electron chi connectivity index (χ3n) is 4.16. The zero-order valence-corrected chi connectivity index (χ0v) is 15.1. The van der Waals surface area contributed by atoms with Crippen LogP contribution in [-0.2, 0) is 0 Å². The first-order valence-electron chi connectivity index (χ1n) is 8.84. The molecule has 0 spiro atoms. The van der Waals surface area contributed by atoms with Crippen LogP contribution in [0, 0.1) is 5.82 Å². The maximum absolute atomic E-state index is 14.0. The van der Waals surface area contributed by atoms with Crippen molar-refractivity contribution in [1.82, 2.24) is 4.98 Å². The molecule has 0 saturated heterocycles. The van der Waals surface area contributed by atoms with E-state index in [0.717, 1.165) is 0 Å². The number of amides is 1. The molecule has 0 aliphatic heterocycles. The maximum Gasteiger partial charge on any atom is 0.255 e. The van der Waals surface area contributed by atoms with Gasteiger partial charge >= 0.3 is 0 Å². The highest BCUT2D eigenvalue weighted by Gasteiger charge is 2.13. The number of aromatic nitrogens is 1. The lowest BCUT2D eigenvalue weighted by molar-refractivity contribution is 0.102. The molecule has 0 aliphatic rings. The lowest BCUT2D eigenvalue weighted by atomic mass is 10.2.